The summed E-state index contributed by atoms with van der Waals surface area (Å²) in [6, 6.07) is 9.40. The number of likely N-dealkylation sites (tertiary alicyclic amines) is 1. The van der Waals surface area contributed by atoms with E-state index in [0.29, 0.717) is 31.6 Å². The molecule has 0 saturated carbocycles. The highest BCUT2D eigenvalue weighted by Crippen LogP contribution is 2.32. The third kappa shape index (κ3) is 3.04. The number of nitrogens with zero attached hydrogens (tertiary/aromatic N) is 3. The zero-order valence-corrected chi connectivity index (χ0v) is 13.6. The molecule has 0 aliphatic carbocycles. The second-order valence-electron chi connectivity index (χ2n) is 6.28. The first kappa shape index (κ1) is 16.6. The van der Waals surface area contributed by atoms with E-state index in [4.69, 9.17) is 4.42 Å². The zero-order valence-electron chi connectivity index (χ0n) is 13.6. The molecule has 0 spiro atoms. The van der Waals surface area contributed by atoms with Gasteiger partial charge in [0, 0.05) is 29.9 Å². The van der Waals surface area contributed by atoms with Crippen LogP contribution in [0.5, 0.6) is 0 Å². The standard InChI is InChI=1S/C17H15F3N4O2/c18-17(19,20)16-23-22-14(26-16)10-5-7-24(8-6-10)15(25)13-9-11-3-1-2-4-12(11)21-13/h1-4,9-10,21H,5-8H2. The molecule has 1 aliphatic rings. The van der Waals surface area contributed by atoms with E-state index in [1.54, 1.807) is 11.0 Å². The first-order valence-corrected chi connectivity index (χ1v) is 8.19. The van der Waals surface area contributed by atoms with Crippen LogP contribution in [-0.2, 0) is 6.18 Å². The van der Waals surface area contributed by atoms with Gasteiger partial charge in [-0.2, -0.15) is 13.2 Å². The number of fused-ring (bicyclic) bond motifs is 1. The van der Waals surface area contributed by atoms with Crippen LogP contribution in [0.15, 0.2) is 34.7 Å². The Bertz CT molecular complexity index is 906. The van der Waals surface area contributed by atoms with Gasteiger partial charge >= 0.3 is 12.1 Å². The fourth-order valence-corrected chi connectivity index (χ4v) is 3.20. The number of piperidine rings is 1. The second kappa shape index (κ2) is 6.15. The van der Waals surface area contributed by atoms with Crippen molar-refractivity contribution in [2.75, 3.05) is 13.1 Å². The van der Waals surface area contributed by atoms with Crippen LogP contribution in [0.2, 0.25) is 0 Å². The van der Waals surface area contributed by atoms with Crippen molar-refractivity contribution in [3.8, 4) is 0 Å². The van der Waals surface area contributed by atoms with Crippen molar-refractivity contribution in [2.45, 2.75) is 24.9 Å². The Morgan fingerprint density at radius 2 is 1.92 bits per heavy atom. The van der Waals surface area contributed by atoms with Crippen LogP contribution in [0.4, 0.5) is 13.2 Å². The van der Waals surface area contributed by atoms with Gasteiger partial charge in [0.05, 0.1) is 0 Å². The Hall–Kier alpha value is -2.84. The van der Waals surface area contributed by atoms with Gasteiger partial charge in [0.2, 0.25) is 5.89 Å². The van der Waals surface area contributed by atoms with Gasteiger partial charge < -0.3 is 14.3 Å². The van der Waals surface area contributed by atoms with E-state index in [1.165, 1.54) is 0 Å². The molecular formula is C17H15F3N4O2. The fourth-order valence-electron chi connectivity index (χ4n) is 3.20. The van der Waals surface area contributed by atoms with E-state index in [9.17, 15) is 18.0 Å². The topological polar surface area (TPSA) is 75.0 Å². The highest BCUT2D eigenvalue weighted by molar-refractivity contribution is 5.98. The van der Waals surface area contributed by atoms with Crippen molar-refractivity contribution < 1.29 is 22.4 Å². The van der Waals surface area contributed by atoms with Gasteiger partial charge in [-0.3, -0.25) is 4.79 Å². The first-order chi connectivity index (χ1) is 12.4. The van der Waals surface area contributed by atoms with E-state index < -0.39 is 12.1 Å². The molecule has 9 heteroatoms. The summed E-state index contributed by atoms with van der Waals surface area (Å²) in [4.78, 5) is 17.4. The Morgan fingerprint density at radius 3 is 2.58 bits per heavy atom. The highest BCUT2D eigenvalue weighted by Gasteiger charge is 2.39. The summed E-state index contributed by atoms with van der Waals surface area (Å²) < 4.78 is 42.4. The van der Waals surface area contributed by atoms with E-state index in [2.05, 4.69) is 15.2 Å². The predicted molar refractivity (Wildman–Crippen MR) is 85.5 cm³/mol. The number of alkyl halides is 3. The lowest BCUT2D eigenvalue weighted by Crippen LogP contribution is -2.38. The third-order valence-electron chi connectivity index (χ3n) is 4.57. The largest absolute Gasteiger partial charge is 0.470 e. The van der Waals surface area contributed by atoms with Crippen LogP contribution in [0.3, 0.4) is 0 Å². The number of carbonyl (C=O) groups is 1. The fraction of sp³-hybridized carbons (Fsp3) is 0.353. The van der Waals surface area contributed by atoms with Gasteiger partial charge in [-0.05, 0) is 25.0 Å². The minimum atomic E-state index is -4.64. The molecule has 0 bridgehead atoms. The van der Waals surface area contributed by atoms with Crippen molar-refractivity contribution in [3.05, 3.63) is 47.8 Å². The van der Waals surface area contributed by atoms with E-state index in [-0.39, 0.29) is 17.7 Å². The summed E-state index contributed by atoms with van der Waals surface area (Å²) in [6.07, 6.45) is -3.69. The lowest BCUT2D eigenvalue weighted by molar-refractivity contribution is -0.157. The summed E-state index contributed by atoms with van der Waals surface area (Å²) in [6.45, 7) is 0.838. The Kier molecular flexibility index (Phi) is 3.93. The van der Waals surface area contributed by atoms with Crippen molar-refractivity contribution in [2.24, 2.45) is 0 Å². The lowest BCUT2D eigenvalue weighted by Gasteiger charge is -2.30. The van der Waals surface area contributed by atoms with Crippen molar-refractivity contribution in [1.82, 2.24) is 20.1 Å². The number of para-hydroxylation sites is 1. The number of carbonyl (C=O) groups excluding carboxylic acids is 1. The zero-order chi connectivity index (χ0) is 18.3. The normalized spacial score (nSPS) is 16.3. The van der Waals surface area contributed by atoms with Crippen LogP contribution in [-0.4, -0.2) is 39.1 Å². The number of aromatic nitrogens is 3. The van der Waals surface area contributed by atoms with Crippen molar-refractivity contribution in [1.29, 1.82) is 0 Å². The van der Waals surface area contributed by atoms with Gasteiger partial charge in [0.15, 0.2) is 0 Å². The summed E-state index contributed by atoms with van der Waals surface area (Å²) in [7, 11) is 0. The minimum absolute atomic E-state index is 0.0185. The molecule has 1 saturated heterocycles. The molecule has 2 aromatic heterocycles. The number of halogens is 3. The highest BCUT2D eigenvalue weighted by atomic mass is 19.4. The lowest BCUT2D eigenvalue weighted by atomic mass is 9.96. The smallest absolute Gasteiger partial charge is 0.417 e. The monoisotopic (exact) mass is 364 g/mol. The number of rotatable bonds is 2. The minimum Gasteiger partial charge on any atom is -0.417 e. The number of hydrogen-bond donors (Lipinski definition) is 1. The molecule has 6 nitrogen and oxygen atoms in total. The Morgan fingerprint density at radius 1 is 1.19 bits per heavy atom. The average Bonchev–Trinajstić information content (AvgIpc) is 3.28. The number of benzene rings is 1. The molecular weight excluding hydrogens is 349 g/mol. The molecule has 1 aromatic carbocycles. The summed E-state index contributed by atoms with van der Waals surface area (Å²) >= 11 is 0. The number of hydrogen-bond acceptors (Lipinski definition) is 4. The number of amides is 1. The van der Waals surface area contributed by atoms with Gasteiger partial charge in [-0.25, -0.2) is 0 Å². The number of nitrogens with one attached hydrogen (secondary N) is 1. The SMILES string of the molecule is O=C(c1cc2ccccc2[nH]1)N1CCC(c2nnc(C(F)(F)F)o2)CC1. The molecule has 0 atom stereocenters. The molecule has 4 rings (SSSR count). The maximum atomic E-state index is 12.6. The van der Waals surface area contributed by atoms with Crippen LogP contribution in [0.1, 0.15) is 41.0 Å². The molecule has 3 aromatic rings. The number of H-pyrrole nitrogens is 1. The predicted octanol–water partition coefficient (Wildman–Crippen LogP) is 3.59. The Balaban J connectivity index is 1.43. The maximum absolute atomic E-state index is 12.6. The van der Waals surface area contributed by atoms with Gasteiger partial charge in [0.1, 0.15) is 5.69 Å². The molecule has 1 aliphatic heterocycles. The molecule has 1 N–H and O–H groups in total. The third-order valence-corrected chi connectivity index (χ3v) is 4.57. The summed E-state index contributed by atoms with van der Waals surface area (Å²) in [5, 5.41) is 7.53. The van der Waals surface area contributed by atoms with Gasteiger partial charge in [0.25, 0.3) is 5.91 Å². The van der Waals surface area contributed by atoms with E-state index in [0.717, 1.165) is 10.9 Å². The average molecular weight is 364 g/mol. The molecule has 26 heavy (non-hydrogen) atoms. The Labute approximate surface area is 146 Å². The second-order valence-corrected chi connectivity index (χ2v) is 6.28. The molecule has 3 heterocycles. The summed E-state index contributed by atoms with van der Waals surface area (Å²) in [5.74, 6) is -1.74. The van der Waals surface area contributed by atoms with Gasteiger partial charge in [-0.1, -0.05) is 18.2 Å². The number of aromatic amines is 1. The van der Waals surface area contributed by atoms with Crippen LogP contribution in [0.25, 0.3) is 10.9 Å². The molecule has 1 fully saturated rings. The van der Waals surface area contributed by atoms with E-state index in [1.807, 2.05) is 24.3 Å². The molecule has 136 valence electrons. The van der Waals surface area contributed by atoms with Crippen molar-refractivity contribution in [3.63, 3.8) is 0 Å². The van der Waals surface area contributed by atoms with Crippen LogP contribution < -0.4 is 0 Å². The quantitative estimate of drug-likeness (QED) is 0.754. The maximum Gasteiger partial charge on any atom is 0.470 e. The molecule has 0 unspecified atom stereocenters. The van der Waals surface area contributed by atoms with Gasteiger partial charge in [-0.15, -0.1) is 10.2 Å². The molecule has 0 radical (unpaired) electrons. The first-order valence-electron chi connectivity index (χ1n) is 8.19. The van der Waals surface area contributed by atoms with Crippen LogP contribution >= 0.6 is 0 Å². The summed E-state index contributed by atoms with van der Waals surface area (Å²) in [5.41, 5.74) is 1.39. The van der Waals surface area contributed by atoms with Crippen molar-refractivity contribution >= 4 is 16.8 Å². The van der Waals surface area contributed by atoms with E-state index >= 15 is 0 Å². The molecule has 1 amide bonds. The van der Waals surface area contributed by atoms with Crippen LogP contribution in [0, 0.1) is 0 Å².